The van der Waals surface area contributed by atoms with E-state index in [0.29, 0.717) is 5.92 Å². The third-order valence-electron chi connectivity index (χ3n) is 3.13. The quantitative estimate of drug-likeness (QED) is 0.636. The third kappa shape index (κ3) is 0.596. The molecule has 1 unspecified atom stereocenters. The van der Waals surface area contributed by atoms with Crippen LogP contribution in [0, 0.1) is 5.92 Å². The Morgan fingerprint density at radius 1 is 1.27 bits per heavy atom. The fourth-order valence-corrected chi connectivity index (χ4v) is 2.15. The van der Waals surface area contributed by atoms with Gasteiger partial charge in [-0.3, -0.25) is 0 Å². The zero-order valence-corrected chi connectivity index (χ0v) is 6.33. The summed E-state index contributed by atoms with van der Waals surface area (Å²) in [6.45, 7) is 0. The Hall–Kier alpha value is -0.820. The Bertz CT molecular complexity index is 293. The van der Waals surface area contributed by atoms with Gasteiger partial charge in [0.15, 0.2) is 0 Å². The first-order valence-corrected chi connectivity index (χ1v) is 4.16. The van der Waals surface area contributed by atoms with Gasteiger partial charge >= 0.3 is 0 Å². The molecule has 2 aliphatic rings. The lowest BCUT2D eigenvalue weighted by Gasteiger charge is -2.06. The van der Waals surface area contributed by atoms with Crippen LogP contribution in [0.15, 0.2) is 30.3 Å². The Balaban J connectivity index is 1.93. The van der Waals surface area contributed by atoms with Gasteiger partial charge in [-0.2, -0.15) is 0 Å². The lowest BCUT2D eigenvalue weighted by Crippen LogP contribution is -2.14. The highest BCUT2D eigenvalue weighted by atomic mass is 15.0. The summed E-state index contributed by atoms with van der Waals surface area (Å²) in [6, 6.07) is 10.6. The summed E-state index contributed by atoms with van der Waals surface area (Å²) in [5.41, 5.74) is 7.69. The van der Waals surface area contributed by atoms with Crippen molar-refractivity contribution in [2.75, 3.05) is 0 Å². The molecule has 0 spiro atoms. The predicted molar refractivity (Wildman–Crippen MR) is 44.2 cm³/mol. The summed E-state index contributed by atoms with van der Waals surface area (Å²) in [5, 5.41) is 0. The van der Waals surface area contributed by atoms with E-state index in [9.17, 15) is 0 Å². The molecule has 56 valence electrons. The summed E-state index contributed by atoms with van der Waals surface area (Å²) >= 11 is 0. The molecule has 0 bridgehead atoms. The van der Waals surface area contributed by atoms with Crippen molar-refractivity contribution in [1.29, 1.82) is 0 Å². The summed E-state index contributed by atoms with van der Waals surface area (Å²) in [7, 11) is 0. The van der Waals surface area contributed by atoms with Crippen LogP contribution in [0.3, 0.4) is 0 Å². The van der Waals surface area contributed by atoms with Crippen LogP contribution in [0.25, 0.3) is 0 Å². The lowest BCUT2D eigenvalue weighted by atomic mass is 10.0. The molecule has 2 N–H and O–H groups in total. The van der Waals surface area contributed by atoms with E-state index in [1.54, 1.807) is 0 Å². The number of fused-ring (bicyclic) bond motifs is 1. The molecule has 0 radical (unpaired) electrons. The Morgan fingerprint density at radius 3 is 2.36 bits per heavy atom. The second-order valence-corrected chi connectivity index (χ2v) is 3.81. The Kier molecular flexibility index (Phi) is 0.793. The fraction of sp³-hybridized carbons (Fsp3) is 0.400. The molecule has 0 aliphatic heterocycles. The van der Waals surface area contributed by atoms with Gasteiger partial charge in [-0.25, -0.2) is 0 Å². The van der Waals surface area contributed by atoms with Crippen molar-refractivity contribution in [2.45, 2.75) is 17.9 Å². The van der Waals surface area contributed by atoms with Crippen LogP contribution in [0.2, 0.25) is 0 Å². The highest BCUT2D eigenvalue weighted by Gasteiger charge is 2.76. The second-order valence-electron chi connectivity index (χ2n) is 3.81. The first kappa shape index (κ1) is 5.78. The van der Waals surface area contributed by atoms with Crippen molar-refractivity contribution in [3.8, 4) is 0 Å². The smallest absolute Gasteiger partial charge is 0.0266 e. The molecule has 11 heavy (non-hydrogen) atoms. The standard InChI is InChI=1S/C10H11N/c11-10-6-8(10)9(10)7-4-2-1-3-5-7/h1-5,8-9H,6,11H2/t8?,9-,10-/m1/s1. The molecule has 0 aromatic heterocycles. The maximum Gasteiger partial charge on any atom is 0.0266 e. The van der Waals surface area contributed by atoms with Crippen molar-refractivity contribution in [2.24, 2.45) is 11.7 Å². The van der Waals surface area contributed by atoms with Crippen molar-refractivity contribution >= 4 is 0 Å². The number of nitrogens with two attached hydrogens (primary N) is 1. The van der Waals surface area contributed by atoms with Gasteiger partial charge in [0.05, 0.1) is 0 Å². The fourth-order valence-electron chi connectivity index (χ4n) is 2.15. The van der Waals surface area contributed by atoms with Gasteiger partial charge in [-0.05, 0) is 17.9 Å². The minimum Gasteiger partial charge on any atom is -0.324 e. The van der Waals surface area contributed by atoms with Gasteiger partial charge in [0.25, 0.3) is 0 Å². The highest BCUT2D eigenvalue weighted by Crippen LogP contribution is 2.74. The third-order valence-corrected chi connectivity index (χ3v) is 3.13. The van der Waals surface area contributed by atoms with Crippen LogP contribution >= 0.6 is 0 Å². The topological polar surface area (TPSA) is 26.0 Å². The van der Waals surface area contributed by atoms with Gasteiger partial charge in [0, 0.05) is 11.5 Å². The molecular formula is C10H11N. The van der Waals surface area contributed by atoms with E-state index >= 15 is 0 Å². The van der Waals surface area contributed by atoms with Crippen molar-refractivity contribution < 1.29 is 0 Å². The van der Waals surface area contributed by atoms with Gasteiger partial charge in [-0.15, -0.1) is 0 Å². The average Bonchev–Trinajstić information content (AvgIpc) is 2.79. The molecule has 1 nitrogen and oxygen atoms in total. The molecule has 2 fully saturated rings. The predicted octanol–water partition coefficient (Wildman–Crippen LogP) is 1.50. The van der Waals surface area contributed by atoms with Gasteiger partial charge in [-0.1, -0.05) is 30.3 Å². The molecule has 0 amide bonds. The summed E-state index contributed by atoms with van der Waals surface area (Å²) in [4.78, 5) is 0. The van der Waals surface area contributed by atoms with E-state index in [1.807, 2.05) is 0 Å². The van der Waals surface area contributed by atoms with Crippen LogP contribution in [-0.4, -0.2) is 5.54 Å². The zero-order valence-electron chi connectivity index (χ0n) is 6.33. The minimum absolute atomic E-state index is 0.237. The normalized spacial score (nSPS) is 44.8. The number of benzene rings is 1. The van der Waals surface area contributed by atoms with E-state index in [2.05, 4.69) is 30.3 Å². The molecule has 3 rings (SSSR count). The maximum absolute atomic E-state index is 6.02. The minimum atomic E-state index is 0.237. The van der Waals surface area contributed by atoms with Crippen LogP contribution < -0.4 is 5.73 Å². The Labute approximate surface area is 66.2 Å². The second kappa shape index (κ2) is 1.51. The molecule has 3 atom stereocenters. The molecule has 2 saturated carbocycles. The van der Waals surface area contributed by atoms with Gasteiger partial charge in [0.1, 0.15) is 0 Å². The van der Waals surface area contributed by atoms with E-state index < -0.39 is 0 Å². The first-order valence-electron chi connectivity index (χ1n) is 4.16. The van der Waals surface area contributed by atoms with E-state index in [0.717, 1.165) is 5.92 Å². The SMILES string of the molecule is N[C@]12CC1[C@H]2c1ccccc1. The van der Waals surface area contributed by atoms with Crippen LogP contribution in [0.4, 0.5) is 0 Å². The number of rotatable bonds is 1. The van der Waals surface area contributed by atoms with Crippen LogP contribution in [-0.2, 0) is 0 Å². The van der Waals surface area contributed by atoms with E-state index in [-0.39, 0.29) is 5.54 Å². The Morgan fingerprint density at radius 2 is 1.91 bits per heavy atom. The largest absolute Gasteiger partial charge is 0.324 e. The zero-order chi connectivity index (χ0) is 7.47. The summed E-state index contributed by atoms with van der Waals surface area (Å²) < 4.78 is 0. The van der Waals surface area contributed by atoms with Crippen LogP contribution in [0.1, 0.15) is 17.9 Å². The summed E-state index contributed by atoms with van der Waals surface area (Å²) in [6.07, 6.45) is 1.26. The van der Waals surface area contributed by atoms with Gasteiger partial charge < -0.3 is 5.73 Å². The van der Waals surface area contributed by atoms with E-state index in [4.69, 9.17) is 5.73 Å². The molecule has 1 aromatic carbocycles. The summed E-state index contributed by atoms with van der Waals surface area (Å²) in [5.74, 6) is 1.52. The molecule has 0 saturated heterocycles. The molecule has 0 heterocycles. The highest BCUT2D eigenvalue weighted by molar-refractivity contribution is 5.46. The lowest BCUT2D eigenvalue weighted by molar-refractivity contribution is 0.703. The monoisotopic (exact) mass is 145 g/mol. The number of hydrogen-bond acceptors (Lipinski definition) is 1. The van der Waals surface area contributed by atoms with Crippen molar-refractivity contribution in [1.82, 2.24) is 0 Å². The van der Waals surface area contributed by atoms with Crippen molar-refractivity contribution in [3.63, 3.8) is 0 Å². The maximum atomic E-state index is 6.02. The molecular weight excluding hydrogens is 134 g/mol. The first-order chi connectivity index (χ1) is 5.32. The van der Waals surface area contributed by atoms with Crippen molar-refractivity contribution in [3.05, 3.63) is 35.9 Å². The average molecular weight is 145 g/mol. The van der Waals surface area contributed by atoms with Gasteiger partial charge in [0.2, 0.25) is 0 Å². The van der Waals surface area contributed by atoms with Crippen LogP contribution in [0.5, 0.6) is 0 Å². The molecule has 1 aromatic rings. The van der Waals surface area contributed by atoms with E-state index in [1.165, 1.54) is 12.0 Å². The molecule has 2 aliphatic carbocycles. The molecule has 1 heteroatoms. The number of hydrogen-bond donors (Lipinski definition) is 1.